The molecule has 20 heavy (non-hydrogen) atoms. The summed E-state index contributed by atoms with van der Waals surface area (Å²) in [5, 5.41) is 26.9. The minimum absolute atomic E-state index is 0.222. The van der Waals surface area contributed by atoms with E-state index in [1.165, 1.54) is 0 Å². The Labute approximate surface area is 140 Å². The van der Waals surface area contributed by atoms with Gasteiger partial charge in [0.05, 0.1) is 19.8 Å². The first-order chi connectivity index (χ1) is 9.74. The fourth-order valence-corrected chi connectivity index (χ4v) is 6.38. The van der Waals surface area contributed by atoms with Gasteiger partial charge < -0.3 is 15.3 Å². The number of hydrogen-bond acceptors (Lipinski definition) is 7. The summed E-state index contributed by atoms with van der Waals surface area (Å²) >= 11 is 7.40. The van der Waals surface area contributed by atoms with Crippen LogP contribution in [0.1, 0.15) is 6.92 Å². The molecule has 0 radical (unpaired) electrons. The third-order valence-corrected chi connectivity index (χ3v) is 7.63. The first-order valence-corrected chi connectivity index (χ1v) is 11.5. The lowest BCUT2D eigenvalue weighted by Crippen LogP contribution is -2.34. The van der Waals surface area contributed by atoms with E-state index >= 15 is 0 Å². The summed E-state index contributed by atoms with van der Waals surface area (Å²) in [6.45, 7) is 2.87. The van der Waals surface area contributed by atoms with Crippen LogP contribution in [0.2, 0.25) is 0 Å². The molecule has 0 aromatic carbocycles. The topological polar surface area (TPSA) is 60.7 Å². The third kappa shape index (κ3) is 10.9. The number of aliphatic hydroxyl groups excluding tert-OH is 3. The molecule has 0 aliphatic rings. The summed E-state index contributed by atoms with van der Waals surface area (Å²) in [7, 11) is 0. The maximum Gasteiger partial charge on any atom is 0.0521 e. The van der Waals surface area contributed by atoms with E-state index in [1.54, 1.807) is 0 Å². The average molecular weight is 361 g/mol. The molecule has 0 heterocycles. The largest absolute Gasteiger partial charge is 0.396 e. The third-order valence-electron chi connectivity index (χ3n) is 2.54. The molecule has 0 unspecified atom stereocenters. The van der Waals surface area contributed by atoms with E-state index in [1.807, 2.05) is 47.0 Å². The van der Waals surface area contributed by atoms with Gasteiger partial charge in [0.25, 0.3) is 0 Å². The molecule has 0 aromatic rings. The van der Waals surface area contributed by atoms with Crippen LogP contribution in [-0.2, 0) is 0 Å². The Balaban J connectivity index is 4.48. The molecular formula is C13H28O3S4. The smallest absolute Gasteiger partial charge is 0.0521 e. The second-order valence-corrected chi connectivity index (χ2v) is 9.06. The van der Waals surface area contributed by atoms with Gasteiger partial charge in [-0.15, -0.1) is 0 Å². The molecule has 0 atom stereocenters. The van der Waals surface area contributed by atoms with E-state index in [0.717, 1.165) is 46.0 Å². The van der Waals surface area contributed by atoms with Gasteiger partial charge in [0.1, 0.15) is 0 Å². The Morgan fingerprint density at radius 3 is 1.30 bits per heavy atom. The fourth-order valence-electron chi connectivity index (χ4n) is 1.63. The molecule has 0 aromatic heterocycles. The zero-order chi connectivity index (χ0) is 15.1. The lowest BCUT2D eigenvalue weighted by atomic mass is 9.99. The van der Waals surface area contributed by atoms with Crippen molar-refractivity contribution in [3.05, 3.63) is 0 Å². The Hall–Kier alpha value is 1.28. The van der Waals surface area contributed by atoms with Crippen LogP contribution in [0.3, 0.4) is 0 Å². The summed E-state index contributed by atoms with van der Waals surface area (Å²) < 4.78 is 0. The van der Waals surface area contributed by atoms with Gasteiger partial charge >= 0.3 is 0 Å². The van der Waals surface area contributed by atoms with Crippen LogP contribution < -0.4 is 0 Å². The van der Waals surface area contributed by atoms with Crippen LogP contribution in [0.15, 0.2) is 0 Å². The summed E-state index contributed by atoms with van der Waals surface area (Å²) in [6, 6.07) is 0. The average Bonchev–Trinajstić information content (AvgIpc) is 2.46. The summed E-state index contributed by atoms with van der Waals surface area (Å²) in [6.07, 6.45) is 0. The molecule has 3 N–H and O–H groups in total. The lowest BCUT2D eigenvalue weighted by Gasteiger charge is -2.33. The van der Waals surface area contributed by atoms with E-state index in [2.05, 4.69) is 6.92 Å². The van der Waals surface area contributed by atoms with Gasteiger partial charge in [0.15, 0.2) is 0 Å². The van der Waals surface area contributed by atoms with Gasteiger partial charge in [-0.2, -0.15) is 47.0 Å². The molecule has 0 amide bonds. The summed E-state index contributed by atoms with van der Waals surface area (Å²) in [4.78, 5) is 0. The van der Waals surface area contributed by atoms with E-state index < -0.39 is 0 Å². The van der Waals surface area contributed by atoms with Gasteiger partial charge in [-0.25, -0.2) is 0 Å². The van der Waals surface area contributed by atoms with Gasteiger partial charge in [0, 0.05) is 45.7 Å². The predicted molar refractivity (Wildman–Crippen MR) is 98.7 cm³/mol. The first kappa shape index (κ1) is 21.3. The van der Waals surface area contributed by atoms with Crippen molar-refractivity contribution in [3.8, 4) is 0 Å². The van der Waals surface area contributed by atoms with Crippen molar-refractivity contribution in [1.29, 1.82) is 0 Å². The molecule has 0 saturated heterocycles. The highest BCUT2D eigenvalue weighted by Crippen LogP contribution is 2.35. The van der Waals surface area contributed by atoms with Crippen molar-refractivity contribution in [3.63, 3.8) is 0 Å². The second kappa shape index (κ2) is 15.2. The van der Waals surface area contributed by atoms with Gasteiger partial charge in [0.2, 0.25) is 0 Å². The fraction of sp³-hybridized carbons (Fsp3) is 1.00. The lowest BCUT2D eigenvalue weighted by molar-refractivity contribution is 0.322. The highest BCUT2D eigenvalue weighted by molar-refractivity contribution is 8.02. The Morgan fingerprint density at radius 1 is 0.650 bits per heavy atom. The molecule has 0 fully saturated rings. The highest BCUT2D eigenvalue weighted by Gasteiger charge is 2.30. The minimum Gasteiger partial charge on any atom is -0.396 e. The normalized spacial score (nSPS) is 12.0. The summed E-state index contributed by atoms with van der Waals surface area (Å²) in [5.41, 5.74) is 0.222. The standard InChI is InChI=1S/C13H28O3S4/c1-2-17-9-13(10-18-6-3-14,11-19-7-4-15)12-20-8-5-16/h14-16H,2-12H2,1H3. The SMILES string of the molecule is CCSCC(CSCCO)(CSCCO)CSCCO. The van der Waals surface area contributed by atoms with Crippen LogP contribution in [-0.4, -0.2) is 81.2 Å². The minimum atomic E-state index is 0.222. The maximum absolute atomic E-state index is 8.96. The highest BCUT2D eigenvalue weighted by atomic mass is 32.2. The molecule has 0 bridgehead atoms. The van der Waals surface area contributed by atoms with E-state index in [-0.39, 0.29) is 25.2 Å². The van der Waals surface area contributed by atoms with E-state index in [4.69, 9.17) is 15.3 Å². The number of rotatable bonds is 15. The second-order valence-electron chi connectivity index (χ2n) is 4.47. The number of hydrogen-bond donors (Lipinski definition) is 3. The van der Waals surface area contributed by atoms with Crippen LogP contribution in [0.4, 0.5) is 0 Å². The van der Waals surface area contributed by atoms with Crippen LogP contribution >= 0.6 is 47.0 Å². The number of thioether (sulfide) groups is 4. The van der Waals surface area contributed by atoms with Crippen LogP contribution in [0.5, 0.6) is 0 Å². The van der Waals surface area contributed by atoms with E-state index in [9.17, 15) is 0 Å². The van der Waals surface area contributed by atoms with Gasteiger partial charge in [-0.1, -0.05) is 6.92 Å². The number of aliphatic hydroxyl groups is 3. The molecule has 0 spiro atoms. The molecule has 122 valence electrons. The van der Waals surface area contributed by atoms with Crippen molar-refractivity contribution < 1.29 is 15.3 Å². The van der Waals surface area contributed by atoms with E-state index in [0.29, 0.717) is 0 Å². The monoisotopic (exact) mass is 360 g/mol. The first-order valence-electron chi connectivity index (χ1n) is 6.88. The Kier molecular flexibility index (Phi) is 16.2. The predicted octanol–water partition coefficient (Wildman–Crippen LogP) is 1.90. The Bertz CT molecular complexity index is 182. The molecule has 7 heteroatoms. The van der Waals surface area contributed by atoms with Crippen molar-refractivity contribution >= 4 is 47.0 Å². The molecule has 0 aliphatic carbocycles. The molecular weight excluding hydrogens is 332 g/mol. The molecule has 0 rings (SSSR count). The van der Waals surface area contributed by atoms with Crippen molar-refractivity contribution in [2.24, 2.45) is 5.41 Å². The van der Waals surface area contributed by atoms with Gasteiger partial charge in [-0.05, 0) is 5.75 Å². The molecule has 0 saturated carbocycles. The van der Waals surface area contributed by atoms with Crippen LogP contribution in [0.25, 0.3) is 0 Å². The zero-order valence-electron chi connectivity index (χ0n) is 12.3. The van der Waals surface area contributed by atoms with Crippen molar-refractivity contribution in [2.75, 3.05) is 65.8 Å². The Morgan fingerprint density at radius 2 is 1.00 bits per heavy atom. The van der Waals surface area contributed by atoms with Crippen molar-refractivity contribution in [1.82, 2.24) is 0 Å². The zero-order valence-corrected chi connectivity index (χ0v) is 15.5. The van der Waals surface area contributed by atoms with Crippen molar-refractivity contribution in [2.45, 2.75) is 6.92 Å². The summed E-state index contributed by atoms with van der Waals surface area (Å²) in [5.74, 6) is 7.70. The molecule has 0 aliphatic heterocycles. The van der Waals surface area contributed by atoms with Gasteiger partial charge in [-0.3, -0.25) is 0 Å². The van der Waals surface area contributed by atoms with Crippen LogP contribution in [0, 0.1) is 5.41 Å². The molecule has 3 nitrogen and oxygen atoms in total. The maximum atomic E-state index is 8.96. The quantitative estimate of drug-likeness (QED) is 0.386.